The minimum absolute atomic E-state index is 0.0350. The largest absolute Gasteiger partial charge is 0.481 e. The summed E-state index contributed by atoms with van der Waals surface area (Å²) in [6, 6.07) is 8.33. The number of nitrogens with one attached hydrogen (secondary N) is 1. The summed E-state index contributed by atoms with van der Waals surface area (Å²) in [5, 5.41) is 24.7. The van der Waals surface area contributed by atoms with Gasteiger partial charge in [0.15, 0.2) is 0 Å². The molecule has 0 fully saturated rings. The van der Waals surface area contributed by atoms with Crippen LogP contribution in [0.1, 0.15) is 73.6 Å². The van der Waals surface area contributed by atoms with Crippen LogP contribution in [0.3, 0.4) is 0 Å². The molecule has 0 radical (unpaired) electrons. The van der Waals surface area contributed by atoms with Gasteiger partial charge in [0.2, 0.25) is 5.91 Å². The monoisotopic (exact) mass is 571 g/mol. The van der Waals surface area contributed by atoms with Gasteiger partial charge in [-0.15, -0.1) is 11.3 Å². The van der Waals surface area contributed by atoms with Gasteiger partial charge < -0.3 is 20.4 Å². The predicted molar refractivity (Wildman–Crippen MR) is 141 cm³/mol. The van der Waals surface area contributed by atoms with Crippen molar-refractivity contribution in [2.75, 3.05) is 7.05 Å². The molecule has 0 spiro atoms. The lowest BCUT2D eigenvalue weighted by Gasteiger charge is -2.32. The van der Waals surface area contributed by atoms with E-state index in [1.165, 1.54) is 17.3 Å². The van der Waals surface area contributed by atoms with E-state index in [1.54, 1.807) is 20.8 Å². The number of rotatable bonds is 14. The van der Waals surface area contributed by atoms with E-state index >= 15 is 0 Å². The van der Waals surface area contributed by atoms with Gasteiger partial charge in [0, 0.05) is 37.4 Å². The Morgan fingerprint density at radius 3 is 2.31 bits per heavy atom. The molecule has 0 unspecified atom stereocenters. The first-order valence-corrected chi connectivity index (χ1v) is 13.6. The number of hydrogen-bond acceptors (Lipinski definition) is 6. The lowest BCUT2D eigenvalue weighted by molar-refractivity contribution is -0.150. The van der Waals surface area contributed by atoms with Gasteiger partial charge in [-0.1, -0.05) is 51.1 Å². The van der Waals surface area contributed by atoms with Crippen LogP contribution in [-0.4, -0.2) is 63.2 Å². The van der Waals surface area contributed by atoms with E-state index in [4.69, 9.17) is 0 Å². The number of carboxylic acid groups (broad SMARTS) is 1. The number of alkyl halides is 3. The molecule has 12 heteroatoms. The Labute approximate surface area is 230 Å². The Hall–Kier alpha value is -2.99. The van der Waals surface area contributed by atoms with Crippen molar-refractivity contribution in [1.29, 1.82) is 0 Å². The number of aliphatic carboxylic acids is 1. The molecule has 0 saturated heterocycles. The predicted octanol–water partition coefficient (Wildman–Crippen LogP) is 4.84. The number of amides is 2. The third-order valence-electron chi connectivity index (χ3n) is 6.51. The van der Waals surface area contributed by atoms with Crippen molar-refractivity contribution < 1.29 is 37.8 Å². The molecule has 2 aromatic rings. The van der Waals surface area contributed by atoms with Crippen molar-refractivity contribution >= 4 is 29.1 Å². The van der Waals surface area contributed by atoms with E-state index in [0.29, 0.717) is 6.42 Å². The lowest BCUT2D eigenvalue weighted by atomic mass is 9.96. The van der Waals surface area contributed by atoms with Crippen molar-refractivity contribution in [3.05, 3.63) is 52.0 Å². The molecule has 4 atom stereocenters. The molecular weight excluding hydrogens is 535 g/mol. The minimum atomic E-state index is -4.44. The third-order valence-corrected chi connectivity index (χ3v) is 7.45. The van der Waals surface area contributed by atoms with Crippen molar-refractivity contribution in [2.24, 2.45) is 11.8 Å². The fraction of sp³-hybridized carbons (Fsp3) is 0.556. The molecule has 39 heavy (non-hydrogen) atoms. The molecule has 2 amide bonds. The number of nitrogens with zero attached hydrogens (tertiary/aromatic N) is 2. The Balaban J connectivity index is 2.09. The van der Waals surface area contributed by atoms with Gasteiger partial charge in [-0.2, -0.15) is 13.2 Å². The van der Waals surface area contributed by atoms with Gasteiger partial charge in [-0.3, -0.25) is 14.4 Å². The summed E-state index contributed by atoms with van der Waals surface area (Å²) in [5.41, 5.74) is 0.995. The van der Waals surface area contributed by atoms with Crippen LogP contribution in [0.2, 0.25) is 0 Å². The van der Waals surface area contributed by atoms with Gasteiger partial charge in [-0.25, -0.2) is 4.98 Å². The van der Waals surface area contributed by atoms with Crippen molar-refractivity contribution in [1.82, 2.24) is 15.2 Å². The molecule has 0 bridgehead atoms. The van der Waals surface area contributed by atoms with E-state index in [1.807, 2.05) is 30.3 Å². The second-order valence-electron chi connectivity index (χ2n) is 10.1. The Bertz CT molecular complexity index is 1090. The van der Waals surface area contributed by atoms with Crippen LogP contribution in [0.15, 0.2) is 35.7 Å². The molecule has 0 aliphatic carbocycles. The number of aromatic nitrogens is 1. The fourth-order valence-electron chi connectivity index (χ4n) is 4.24. The van der Waals surface area contributed by atoms with E-state index in [9.17, 15) is 37.8 Å². The topological polar surface area (TPSA) is 120 Å². The first kappa shape index (κ1) is 32.2. The van der Waals surface area contributed by atoms with E-state index in [2.05, 4.69) is 10.3 Å². The zero-order valence-corrected chi connectivity index (χ0v) is 23.3. The molecule has 1 heterocycles. The number of aliphatic hydroxyl groups is 1. The Morgan fingerprint density at radius 1 is 1.10 bits per heavy atom. The number of carbonyl (C=O) groups excluding carboxylic acids is 2. The number of aliphatic hydroxyl groups excluding tert-OH is 1. The first-order valence-electron chi connectivity index (χ1n) is 12.7. The molecule has 0 aliphatic rings. The van der Waals surface area contributed by atoms with Gasteiger partial charge in [-0.05, 0) is 24.3 Å². The maximum absolute atomic E-state index is 13.0. The smallest absolute Gasteiger partial charge is 0.389 e. The third kappa shape index (κ3) is 10.6. The van der Waals surface area contributed by atoms with Crippen LogP contribution in [0.5, 0.6) is 0 Å². The number of carbonyl (C=O) groups is 3. The van der Waals surface area contributed by atoms with Gasteiger partial charge in [0.1, 0.15) is 16.8 Å². The number of thiazole rings is 1. The molecule has 1 aromatic carbocycles. The summed E-state index contributed by atoms with van der Waals surface area (Å²) in [4.78, 5) is 42.2. The molecule has 3 N–H and O–H groups in total. The Morgan fingerprint density at radius 2 is 1.74 bits per heavy atom. The minimum Gasteiger partial charge on any atom is -0.481 e. The van der Waals surface area contributed by atoms with Gasteiger partial charge in [0.25, 0.3) is 5.91 Å². The molecule has 0 saturated carbocycles. The second-order valence-corrected chi connectivity index (χ2v) is 11.0. The Kier molecular flexibility index (Phi) is 11.9. The van der Waals surface area contributed by atoms with Crippen LogP contribution < -0.4 is 5.32 Å². The average Bonchev–Trinajstić information content (AvgIpc) is 3.36. The van der Waals surface area contributed by atoms with Crippen molar-refractivity contribution in [2.45, 2.75) is 77.2 Å². The summed E-state index contributed by atoms with van der Waals surface area (Å²) < 4.78 is 37.6. The summed E-state index contributed by atoms with van der Waals surface area (Å²) in [6.45, 7) is 5.17. The van der Waals surface area contributed by atoms with Gasteiger partial charge >= 0.3 is 12.1 Å². The van der Waals surface area contributed by atoms with Gasteiger partial charge in [0.05, 0.1) is 12.3 Å². The standard InChI is InChI=1S/C27H36F3N3O5S/c1-16(2)21(33(4)23(35)10-11-27(28,29)30)14-22(34)25-32-20(15-39-25)24(36)31-19(12-17(3)26(37)38)13-18-8-6-5-7-9-18/h5-9,15-17,19,21-22,34H,10-14H2,1-4H3,(H,31,36)(H,37,38)/t17-,19+,21+,22+/m0/s1. The highest BCUT2D eigenvalue weighted by molar-refractivity contribution is 7.09. The van der Waals surface area contributed by atoms with Crippen LogP contribution in [0, 0.1) is 11.8 Å². The normalized spacial score (nSPS) is 14.9. The van der Waals surface area contributed by atoms with E-state index in [0.717, 1.165) is 16.9 Å². The van der Waals surface area contributed by atoms with E-state index in [-0.39, 0.29) is 29.5 Å². The lowest BCUT2D eigenvalue weighted by Crippen LogP contribution is -2.41. The molecule has 2 rings (SSSR count). The zero-order valence-electron chi connectivity index (χ0n) is 22.4. The fourth-order valence-corrected chi connectivity index (χ4v) is 5.04. The number of hydrogen-bond donors (Lipinski definition) is 3. The maximum atomic E-state index is 13.0. The van der Waals surface area contributed by atoms with Crippen LogP contribution in [0.4, 0.5) is 13.2 Å². The highest BCUT2D eigenvalue weighted by Gasteiger charge is 2.32. The summed E-state index contributed by atoms with van der Waals surface area (Å²) in [6.07, 6.45) is -6.81. The molecule has 0 aliphatic heterocycles. The average molecular weight is 572 g/mol. The number of benzene rings is 1. The van der Waals surface area contributed by atoms with E-state index < -0.39 is 60.9 Å². The number of halogens is 3. The zero-order chi connectivity index (χ0) is 29.3. The quantitative estimate of drug-likeness (QED) is 0.298. The molecule has 8 nitrogen and oxygen atoms in total. The summed E-state index contributed by atoms with van der Waals surface area (Å²) in [5.74, 6) is -2.99. The highest BCUT2D eigenvalue weighted by Crippen LogP contribution is 2.28. The first-order chi connectivity index (χ1) is 18.2. The summed E-state index contributed by atoms with van der Waals surface area (Å²) in [7, 11) is 1.42. The molecule has 1 aromatic heterocycles. The molecule has 216 valence electrons. The second kappa shape index (κ2) is 14.4. The molecular formula is C27H36F3N3O5S. The van der Waals surface area contributed by atoms with Crippen LogP contribution in [0.25, 0.3) is 0 Å². The van der Waals surface area contributed by atoms with Crippen molar-refractivity contribution in [3.63, 3.8) is 0 Å². The van der Waals surface area contributed by atoms with Crippen LogP contribution >= 0.6 is 11.3 Å². The summed E-state index contributed by atoms with van der Waals surface area (Å²) >= 11 is 1.06. The van der Waals surface area contributed by atoms with Crippen molar-refractivity contribution in [3.8, 4) is 0 Å². The SMILES string of the molecule is CC(C)[C@@H](C[C@@H](O)c1nc(C(=O)N[C@@H](Cc2ccccc2)C[C@H](C)C(=O)O)cs1)N(C)C(=O)CCC(F)(F)F. The highest BCUT2D eigenvalue weighted by atomic mass is 32.1. The number of carboxylic acids is 1. The van der Waals surface area contributed by atoms with Crippen LogP contribution in [-0.2, 0) is 16.0 Å². The maximum Gasteiger partial charge on any atom is 0.389 e.